The molecule has 108 valence electrons. The summed E-state index contributed by atoms with van der Waals surface area (Å²) in [6.45, 7) is 5.41. The van der Waals surface area contributed by atoms with Crippen LogP contribution in [0.15, 0.2) is 36.7 Å². The maximum atomic E-state index is 4.20. The fourth-order valence-electron chi connectivity index (χ4n) is 2.48. The fraction of sp³-hybridized carbons (Fsp3) is 0.471. The lowest BCUT2D eigenvalue weighted by molar-refractivity contribution is 0.522. The first-order chi connectivity index (χ1) is 9.72. The van der Waals surface area contributed by atoms with E-state index in [1.54, 1.807) is 0 Å². The van der Waals surface area contributed by atoms with E-state index in [0.29, 0.717) is 6.04 Å². The average Bonchev–Trinajstić information content (AvgIpc) is 2.89. The minimum atomic E-state index is 0.442. The molecule has 0 fully saturated rings. The van der Waals surface area contributed by atoms with Gasteiger partial charge in [0.05, 0.1) is 6.20 Å². The molecule has 0 saturated heterocycles. The molecular weight excluding hydrogens is 246 g/mol. The molecule has 1 atom stereocenters. The van der Waals surface area contributed by atoms with Crippen LogP contribution in [0.2, 0.25) is 0 Å². The lowest BCUT2D eigenvalue weighted by Gasteiger charge is -2.17. The summed E-state index contributed by atoms with van der Waals surface area (Å²) < 4.78 is 1.86. The van der Waals surface area contributed by atoms with Crippen LogP contribution >= 0.6 is 0 Å². The van der Waals surface area contributed by atoms with Crippen molar-refractivity contribution in [3.05, 3.63) is 53.3 Å². The highest BCUT2D eigenvalue weighted by atomic mass is 15.2. The molecule has 0 aliphatic rings. The van der Waals surface area contributed by atoms with Gasteiger partial charge in [0.1, 0.15) is 0 Å². The summed E-state index contributed by atoms with van der Waals surface area (Å²) in [5, 5.41) is 7.84. The van der Waals surface area contributed by atoms with Gasteiger partial charge in [0, 0.05) is 19.3 Å². The maximum Gasteiger partial charge on any atom is 0.0522 e. The van der Waals surface area contributed by atoms with Gasteiger partial charge in [-0.3, -0.25) is 4.68 Å². The van der Waals surface area contributed by atoms with Gasteiger partial charge in [-0.05, 0) is 42.5 Å². The molecule has 1 aromatic carbocycles. The molecule has 0 spiro atoms. The molecule has 0 amide bonds. The van der Waals surface area contributed by atoms with Crippen molar-refractivity contribution < 1.29 is 0 Å². The summed E-state index contributed by atoms with van der Waals surface area (Å²) in [6, 6.07) is 9.42. The van der Waals surface area contributed by atoms with Crippen molar-refractivity contribution in [2.45, 2.75) is 39.2 Å². The van der Waals surface area contributed by atoms with Crippen molar-refractivity contribution in [1.82, 2.24) is 15.1 Å². The van der Waals surface area contributed by atoms with E-state index < -0.39 is 0 Å². The lowest BCUT2D eigenvalue weighted by atomic mass is 10.0. The highest BCUT2D eigenvalue weighted by molar-refractivity contribution is 5.25. The van der Waals surface area contributed by atoms with Crippen molar-refractivity contribution in [3.63, 3.8) is 0 Å². The van der Waals surface area contributed by atoms with E-state index in [9.17, 15) is 0 Å². The third-order valence-corrected chi connectivity index (χ3v) is 3.76. The number of aryl methyl sites for hydroxylation is 2. The Kier molecular flexibility index (Phi) is 5.36. The monoisotopic (exact) mass is 271 g/mol. The van der Waals surface area contributed by atoms with E-state index in [4.69, 9.17) is 0 Å². The number of nitrogens with zero attached hydrogens (tertiary/aromatic N) is 2. The first kappa shape index (κ1) is 14.8. The standard InChI is InChI=1S/C17H25N3/c1-4-14-6-8-16(9-7-14)17(5-2)18-11-10-15-12-19-20(3)13-15/h6-9,12-13,17-18H,4-5,10-11H2,1-3H3. The van der Waals surface area contributed by atoms with E-state index in [1.165, 1.54) is 16.7 Å². The van der Waals surface area contributed by atoms with Crippen LogP contribution in [0, 0.1) is 0 Å². The van der Waals surface area contributed by atoms with Crippen molar-refractivity contribution in [2.75, 3.05) is 6.54 Å². The Labute approximate surface area is 122 Å². The predicted octanol–water partition coefficient (Wildman–Crippen LogP) is 3.27. The third-order valence-electron chi connectivity index (χ3n) is 3.76. The highest BCUT2D eigenvalue weighted by Gasteiger charge is 2.08. The first-order valence-corrected chi connectivity index (χ1v) is 7.52. The molecule has 0 bridgehead atoms. The van der Waals surface area contributed by atoms with Gasteiger partial charge in [0.25, 0.3) is 0 Å². The SMILES string of the molecule is CCc1ccc(C(CC)NCCc2cnn(C)c2)cc1. The Hall–Kier alpha value is -1.61. The second-order valence-electron chi connectivity index (χ2n) is 5.28. The highest BCUT2D eigenvalue weighted by Crippen LogP contribution is 2.17. The van der Waals surface area contributed by atoms with Crippen molar-refractivity contribution >= 4 is 0 Å². The van der Waals surface area contributed by atoms with E-state index >= 15 is 0 Å². The van der Waals surface area contributed by atoms with E-state index in [1.807, 2.05) is 17.9 Å². The molecule has 0 saturated carbocycles. The average molecular weight is 271 g/mol. The lowest BCUT2D eigenvalue weighted by Crippen LogP contribution is -2.23. The van der Waals surface area contributed by atoms with Gasteiger partial charge < -0.3 is 5.32 Å². The van der Waals surface area contributed by atoms with E-state index in [0.717, 1.165) is 25.8 Å². The summed E-state index contributed by atoms with van der Waals surface area (Å²) in [7, 11) is 1.96. The van der Waals surface area contributed by atoms with Crippen LogP contribution in [0.4, 0.5) is 0 Å². The summed E-state index contributed by atoms with van der Waals surface area (Å²) in [5.41, 5.74) is 4.08. The van der Waals surface area contributed by atoms with Crippen molar-refractivity contribution in [3.8, 4) is 0 Å². The van der Waals surface area contributed by atoms with Gasteiger partial charge in [0.2, 0.25) is 0 Å². The second kappa shape index (κ2) is 7.25. The molecule has 2 aromatic rings. The molecule has 20 heavy (non-hydrogen) atoms. The molecule has 1 aromatic heterocycles. The number of aromatic nitrogens is 2. The van der Waals surface area contributed by atoms with Gasteiger partial charge in [-0.1, -0.05) is 38.1 Å². The molecule has 0 aliphatic carbocycles. The number of hydrogen-bond acceptors (Lipinski definition) is 2. The molecule has 1 N–H and O–H groups in total. The molecule has 3 heteroatoms. The van der Waals surface area contributed by atoms with E-state index in [-0.39, 0.29) is 0 Å². The van der Waals surface area contributed by atoms with Crippen LogP contribution in [-0.2, 0) is 19.9 Å². The summed E-state index contributed by atoms with van der Waals surface area (Å²) in [5.74, 6) is 0. The number of benzene rings is 1. The Bertz CT molecular complexity index is 513. The largest absolute Gasteiger partial charge is 0.310 e. The topological polar surface area (TPSA) is 29.9 Å². The molecule has 3 nitrogen and oxygen atoms in total. The normalized spacial score (nSPS) is 12.6. The molecule has 2 rings (SSSR count). The quantitative estimate of drug-likeness (QED) is 0.837. The van der Waals surface area contributed by atoms with Gasteiger partial charge in [0.15, 0.2) is 0 Å². The smallest absolute Gasteiger partial charge is 0.0522 e. The van der Waals surface area contributed by atoms with Crippen LogP contribution in [0.5, 0.6) is 0 Å². The number of rotatable bonds is 7. The van der Waals surface area contributed by atoms with Crippen LogP contribution < -0.4 is 5.32 Å². The summed E-state index contributed by atoms with van der Waals surface area (Å²) >= 11 is 0. The Morgan fingerprint density at radius 1 is 1.15 bits per heavy atom. The second-order valence-corrected chi connectivity index (χ2v) is 5.28. The Morgan fingerprint density at radius 2 is 1.90 bits per heavy atom. The third kappa shape index (κ3) is 3.94. The maximum absolute atomic E-state index is 4.20. The summed E-state index contributed by atoms with van der Waals surface area (Å²) in [6.07, 6.45) is 7.26. The Morgan fingerprint density at radius 3 is 2.45 bits per heavy atom. The minimum absolute atomic E-state index is 0.442. The van der Waals surface area contributed by atoms with Crippen LogP contribution in [-0.4, -0.2) is 16.3 Å². The van der Waals surface area contributed by atoms with Crippen LogP contribution in [0.3, 0.4) is 0 Å². The fourth-order valence-corrected chi connectivity index (χ4v) is 2.48. The first-order valence-electron chi connectivity index (χ1n) is 7.52. The van der Waals surface area contributed by atoms with Gasteiger partial charge in [-0.15, -0.1) is 0 Å². The summed E-state index contributed by atoms with van der Waals surface area (Å²) in [4.78, 5) is 0. The van der Waals surface area contributed by atoms with Crippen molar-refractivity contribution in [1.29, 1.82) is 0 Å². The van der Waals surface area contributed by atoms with Crippen molar-refractivity contribution in [2.24, 2.45) is 7.05 Å². The molecule has 0 radical (unpaired) electrons. The minimum Gasteiger partial charge on any atom is -0.310 e. The predicted molar refractivity (Wildman–Crippen MR) is 83.8 cm³/mol. The van der Waals surface area contributed by atoms with Gasteiger partial charge >= 0.3 is 0 Å². The molecule has 1 unspecified atom stereocenters. The zero-order valence-corrected chi connectivity index (χ0v) is 12.8. The zero-order chi connectivity index (χ0) is 14.4. The van der Waals surface area contributed by atoms with Crippen LogP contribution in [0.25, 0.3) is 0 Å². The van der Waals surface area contributed by atoms with Crippen LogP contribution in [0.1, 0.15) is 43.0 Å². The van der Waals surface area contributed by atoms with Gasteiger partial charge in [-0.25, -0.2) is 0 Å². The molecule has 1 heterocycles. The Balaban J connectivity index is 1.88. The zero-order valence-electron chi connectivity index (χ0n) is 12.8. The van der Waals surface area contributed by atoms with E-state index in [2.05, 4.69) is 54.7 Å². The number of nitrogens with one attached hydrogen (secondary N) is 1. The number of hydrogen-bond donors (Lipinski definition) is 1. The van der Waals surface area contributed by atoms with Gasteiger partial charge in [-0.2, -0.15) is 5.10 Å². The molecular formula is C17H25N3. The molecule has 0 aliphatic heterocycles.